The summed E-state index contributed by atoms with van der Waals surface area (Å²) in [5.41, 5.74) is 0. The van der Waals surface area contributed by atoms with E-state index in [-0.39, 0.29) is 0 Å². The van der Waals surface area contributed by atoms with Gasteiger partial charge in [-0.2, -0.15) is 0 Å². The van der Waals surface area contributed by atoms with Gasteiger partial charge in [-0.05, 0) is 0 Å². The standard InChI is InChI=1S/C12H25.ClH.Sn/c1-5-7-9-12(11(3)4)10-8-6-2;;/h12H,5-10H2,1-4H3;1H;/q;;+1/p-1. The average molecular weight is 323 g/mol. The average Bonchev–Trinajstić information content (AvgIpc) is 2.17. The molecule has 0 rings (SSSR count). The van der Waals surface area contributed by atoms with Gasteiger partial charge in [0.25, 0.3) is 0 Å². The van der Waals surface area contributed by atoms with Gasteiger partial charge in [0.1, 0.15) is 0 Å². The van der Waals surface area contributed by atoms with Gasteiger partial charge >= 0.3 is 105 Å². The molecule has 0 aromatic rings. The molecule has 0 aromatic heterocycles. The maximum absolute atomic E-state index is 6.22. The quantitative estimate of drug-likeness (QED) is 0.549. The zero-order valence-electron chi connectivity index (χ0n) is 10.2. The Kier molecular flexibility index (Phi) is 8.91. The van der Waals surface area contributed by atoms with E-state index in [0.717, 1.165) is 5.92 Å². The molecular formula is C12H25ClSn. The summed E-state index contributed by atoms with van der Waals surface area (Å²) in [5.74, 6) is 0.895. The number of rotatable bonds is 8. The fourth-order valence-electron chi connectivity index (χ4n) is 1.84. The van der Waals surface area contributed by atoms with Crippen molar-refractivity contribution in [3.8, 4) is 0 Å². The number of hydrogen-bond donors (Lipinski definition) is 0. The summed E-state index contributed by atoms with van der Waals surface area (Å²) < 4.78 is 0.495. The summed E-state index contributed by atoms with van der Waals surface area (Å²) in [6.07, 6.45) is 8.22. The van der Waals surface area contributed by atoms with Crippen molar-refractivity contribution in [1.82, 2.24) is 0 Å². The number of unbranched alkanes of at least 4 members (excludes halogenated alkanes) is 2. The number of halogens is 1. The molecule has 0 N–H and O–H groups in total. The van der Waals surface area contributed by atoms with Gasteiger partial charge in [0, 0.05) is 0 Å². The Morgan fingerprint density at radius 1 is 1.07 bits per heavy atom. The Balaban J connectivity index is 4.08. The fraction of sp³-hybridized carbons (Fsp3) is 1.00. The van der Waals surface area contributed by atoms with E-state index in [9.17, 15) is 0 Å². The molecule has 2 radical (unpaired) electrons. The first-order valence-corrected chi connectivity index (χ1v) is 11.0. The molecule has 0 unspecified atom stereocenters. The molecule has 0 fully saturated rings. The minimum atomic E-state index is -0.655. The van der Waals surface area contributed by atoms with Crippen LogP contribution in [0.1, 0.15) is 66.2 Å². The van der Waals surface area contributed by atoms with Gasteiger partial charge in [0.2, 0.25) is 0 Å². The van der Waals surface area contributed by atoms with E-state index in [2.05, 4.69) is 27.7 Å². The Morgan fingerprint density at radius 3 is 1.79 bits per heavy atom. The third-order valence-electron chi connectivity index (χ3n) is 3.08. The third-order valence-corrected chi connectivity index (χ3v) is 8.90. The molecule has 2 heteroatoms. The van der Waals surface area contributed by atoms with Crippen LogP contribution in [-0.4, -0.2) is 20.0 Å². The molecule has 14 heavy (non-hydrogen) atoms. The topological polar surface area (TPSA) is 0 Å². The third kappa shape index (κ3) is 5.85. The summed E-state index contributed by atoms with van der Waals surface area (Å²) in [5, 5.41) is 0. The first kappa shape index (κ1) is 15.1. The predicted octanol–water partition coefficient (Wildman–Crippen LogP) is 5.04. The maximum atomic E-state index is 6.22. The molecule has 0 bridgehead atoms. The molecule has 0 aliphatic carbocycles. The van der Waals surface area contributed by atoms with E-state index in [1.165, 1.54) is 38.5 Å². The van der Waals surface area contributed by atoms with Crippen molar-refractivity contribution in [3.05, 3.63) is 0 Å². The molecule has 0 atom stereocenters. The van der Waals surface area contributed by atoms with Gasteiger partial charge in [-0.25, -0.2) is 0 Å². The molecule has 0 aromatic carbocycles. The molecule has 84 valence electrons. The van der Waals surface area contributed by atoms with E-state index in [1.807, 2.05) is 0 Å². The normalized spacial score (nSPS) is 12.4. The van der Waals surface area contributed by atoms with Gasteiger partial charge in [0.15, 0.2) is 0 Å². The SMILES string of the molecule is CCCCC(CCCC)[C](C)(C)[Sn][Cl]. The zero-order chi connectivity index (χ0) is 11.0. The second-order valence-electron chi connectivity index (χ2n) is 4.80. The molecule has 0 heterocycles. The molecule has 0 nitrogen and oxygen atoms in total. The van der Waals surface area contributed by atoms with Crippen molar-refractivity contribution in [3.63, 3.8) is 0 Å². The van der Waals surface area contributed by atoms with Crippen molar-refractivity contribution in [2.75, 3.05) is 0 Å². The van der Waals surface area contributed by atoms with Gasteiger partial charge in [-0.3, -0.25) is 0 Å². The van der Waals surface area contributed by atoms with Crippen LogP contribution in [0.3, 0.4) is 0 Å². The van der Waals surface area contributed by atoms with Gasteiger partial charge < -0.3 is 0 Å². The van der Waals surface area contributed by atoms with Crippen molar-refractivity contribution in [2.45, 2.75) is 69.7 Å². The van der Waals surface area contributed by atoms with Crippen LogP contribution in [0.25, 0.3) is 0 Å². The Labute approximate surface area is 104 Å². The van der Waals surface area contributed by atoms with Crippen LogP contribution in [0.2, 0.25) is 3.43 Å². The van der Waals surface area contributed by atoms with E-state index in [0.29, 0.717) is 3.43 Å². The molecular weight excluding hydrogens is 298 g/mol. The second-order valence-corrected chi connectivity index (χ2v) is 10.3. The molecule has 0 amide bonds. The van der Waals surface area contributed by atoms with Crippen LogP contribution in [0.15, 0.2) is 0 Å². The van der Waals surface area contributed by atoms with E-state index < -0.39 is 20.0 Å². The van der Waals surface area contributed by atoms with Crippen molar-refractivity contribution >= 4 is 28.9 Å². The number of hydrogen-bond acceptors (Lipinski definition) is 0. The van der Waals surface area contributed by atoms with Crippen LogP contribution in [0, 0.1) is 5.92 Å². The van der Waals surface area contributed by atoms with E-state index >= 15 is 0 Å². The van der Waals surface area contributed by atoms with E-state index in [4.69, 9.17) is 8.92 Å². The molecule has 0 aliphatic heterocycles. The van der Waals surface area contributed by atoms with Gasteiger partial charge in [-0.15, -0.1) is 0 Å². The molecule has 0 saturated heterocycles. The Bertz CT molecular complexity index is 126. The molecule has 0 saturated carbocycles. The van der Waals surface area contributed by atoms with Crippen molar-refractivity contribution < 1.29 is 0 Å². The van der Waals surface area contributed by atoms with Gasteiger partial charge in [-0.1, -0.05) is 0 Å². The van der Waals surface area contributed by atoms with Crippen LogP contribution >= 0.6 is 8.92 Å². The van der Waals surface area contributed by atoms with Crippen LogP contribution in [-0.2, 0) is 0 Å². The minimum absolute atomic E-state index is 0.495. The summed E-state index contributed by atoms with van der Waals surface area (Å²) in [6, 6.07) is 0. The summed E-state index contributed by atoms with van der Waals surface area (Å²) in [7, 11) is 6.22. The van der Waals surface area contributed by atoms with Crippen LogP contribution < -0.4 is 0 Å². The van der Waals surface area contributed by atoms with Gasteiger partial charge in [0.05, 0.1) is 0 Å². The zero-order valence-corrected chi connectivity index (χ0v) is 13.8. The fourth-order valence-corrected chi connectivity index (χ4v) is 4.14. The van der Waals surface area contributed by atoms with E-state index in [1.54, 1.807) is 0 Å². The van der Waals surface area contributed by atoms with Crippen LogP contribution in [0.4, 0.5) is 0 Å². The first-order chi connectivity index (χ1) is 6.58. The van der Waals surface area contributed by atoms with Crippen molar-refractivity contribution in [2.24, 2.45) is 5.92 Å². The summed E-state index contributed by atoms with van der Waals surface area (Å²) >= 11 is -0.655. The Morgan fingerprint density at radius 2 is 1.50 bits per heavy atom. The molecule has 0 aliphatic rings. The molecule has 0 spiro atoms. The predicted molar refractivity (Wildman–Crippen MR) is 68.2 cm³/mol. The summed E-state index contributed by atoms with van der Waals surface area (Å²) in [6.45, 7) is 9.35. The Hall–Kier alpha value is 1.09. The second kappa shape index (κ2) is 8.27. The summed E-state index contributed by atoms with van der Waals surface area (Å²) in [4.78, 5) is 0. The first-order valence-electron chi connectivity index (χ1n) is 5.96. The van der Waals surface area contributed by atoms with Crippen LogP contribution in [0.5, 0.6) is 0 Å². The monoisotopic (exact) mass is 324 g/mol. The van der Waals surface area contributed by atoms with Crippen molar-refractivity contribution in [1.29, 1.82) is 0 Å².